The van der Waals surface area contributed by atoms with Crippen molar-refractivity contribution >= 4 is 5.91 Å². The molecule has 3 rings (SSSR count). The van der Waals surface area contributed by atoms with Crippen LogP contribution in [0.4, 0.5) is 0 Å². The van der Waals surface area contributed by atoms with E-state index in [4.69, 9.17) is 0 Å². The molecule has 1 unspecified atom stereocenters. The lowest BCUT2D eigenvalue weighted by molar-refractivity contribution is -0.125. The van der Waals surface area contributed by atoms with E-state index in [1.807, 2.05) is 0 Å². The summed E-state index contributed by atoms with van der Waals surface area (Å²) in [5.41, 5.74) is 0. The molecule has 2 heterocycles. The van der Waals surface area contributed by atoms with Gasteiger partial charge in [-0.25, -0.2) is 0 Å². The van der Waals surface area contributed by atoms with Gasteiger partial charge in [0, 0.05) is 25.7 Å². The number of hydrogen-bond acceptors (Lipinski definition) is 3. The van der Waals surface area contributed by atoms with Crippen molar-refractivity contribution < 1.29 is 4.79 Å². The molecule has 2 saturated heterocycles. The molecule has 0 bridgehead atoms. The summed E-state index contributed by atoms with van der Waals surface area (Å²) in [5.74, 6) is 1.16. The maximum atomic E-state index is 12.0. The highest BCUT2D eigenvalue weighted by Crippen LogP contribution is 2.31. The van der Waals surface area contributed by atoms with Crippen molar-refractivity contribution in [2.45, 2.75) is 38.1 Å². The first-order chi connectivity index (χ1) is 8.83. The Kier molecular flexibility index (Phi) is 3.85. The Hall–Kier alpha value is -0.610. The van der Waals surface area contributed by atoms with Crippen molar-refractivity contribution in [3.63, 3.8) is 0 Å². The minimum atomic E-state index is 0.208. The highest BCUT2D eigenvalue weighted by Gasteiger charge is 2.34. The van der Waals surface area contributed by atoms with Gasteiger partial charge in [-0.15, -0.1) is 0 Å². The van der Waals surface area contributed by atoms with Crippen LogP contribution in [0.1, 0.15) is 32.1 Å². The fraction of sp³-hybridized carbons (Fsp3) is 0.929. The van der Waals surface area contributed by atoms with Crippen molar-refractivity contribution in [2.75, 3.05) is 32.7 Å². The molecular weight excluding hydrogens is 226 g/mol. The van der Waals surface area contributed by atoms with Gasteiger partial charge in [-0.1, -0.05) is 0 Å². The lowest BCUT2D eigenvalue weighted by Crippen LogP contribution is -2.42. The van der Waals surface area contributed by atoms with Crippen LogP contribution in [-0.2, 0) is 4.79 Å². The summed E-state index contributed by atoms with van der Waals surface area (Å²) in [4.78, 5) is 14.6. The van der Waals surface area contributed by atoms with Crippen LogP contribution in [0, 0.1) is 11.8 Å². The average Bonchev–Trinajstić information content (AvgIpc) is 3.16. The summed E-state index contributed by atoms with van der Waals surface area (Å²) >= 11 is 0. The molecular formula is C14H25N3O. The molecule has 2 aliphatic heterocycles. The Morgan fingerprint density at radius 2 is 2.17 bits per heavy atom. The molecule has 0 aromatic carbocycles. The minimum Gasteiger partial charge on any atom is -0.355 e. The van der Waals surface area contributed by atoms with Crippen LogP contribution in [0.15, 0.2) is 0 Å². The third kappa shape index (κ3) is 3.04. The number of carbonyl (C=O) groups is 1. The highest BCUT2D eigenvalue weighted by atomic mass is 16.1. The summed E-state index contributed by atoms with van der Waals surface area (Å²) in [7, 11) is 0. The first-order valence-electron chi connectivity index (χ1n) is 7.55. The predicted octanol–water partition coefficient (Wildman–Crippen LogP) is 0.587. The van der Waals surface area contributed by atoms with E-state index in [2.05, 4.69) is 15.5 Å². The molecule has 4 nitrogen and oxygen atoms in total. The second-order valence-electron chi connectivity index (χ2n) is 6.17. The first kappa shape index (κ1) is 12.4. The van der Waals surface area contributed by atoms with Gasteiger partial charge in [0.1, 0.15) is 0 Å². The van der Waals surface area contributed by atoms with Crippen LogP contribution in [0.3, 0.4) is 0 Å². The Bertz CT molecular complexity index is 297. The predicted molar refractivity (Wildman–Crippen MR) is 71.3 cm³/mol. The molecule has 4 heteroatoms. The third-order valence-electron chi connectivity index (χ3n) is 4.61. The number of carbonyl (C=O) groups excluding carboxylic acids is 1. The van der Waals surface area contributed by atoms with Gasteiger partial charge in [0.2, 0.25) is 5.91 Å². The number of rotatable bonds is 4. The molecule has 1 aliphatic carbocycles. The molecule has 2 N–H and O–H groups in total. The fourth-order valence-electron chi connectivity index (χ4n) is 3.27. The van der Waals surface area contributed by atoms with Gasteiger partial charge < -0.3 is 15.5 Å². The molecule has 102 valence electrons. The van der Waals surface area contributed by atoms with E-state index in [0.717, 1.165) is 38.5 Å². The normalized spacial score (nSPS) is 33.6. The zero-order valence-corrected chi connectivity index (χ0v) is 11.2. The molecule has 2 atom stereocenters. The number of hydrogen-bond donors (Lipinski definition) is 2. The number of nitrogens with one attached hydrogen (secondary N) is 2. The Morgan fingerprint density at radius 1 is 1.28 bits per heavy atom. The second kappa shape index (κ2) is 5.57. The van der Waals surface area contributed by atoms with Gasteiger partial charge in [-0.05, 0) is 51.1 Å². The number of nitrogens with zero attached hydrogens (tertiary/aromatic N) is 1. The van der Waals surface area contributed by atoms with Crippen LogP contribution >= 0.6 is 0 Å². The average molecular weight is 251 g/mol. The van der Waals surface area contributed by atoms with E-state index in [1.54, 1.807) is 0 Å². The number of likely N-dealkylation sites (tertiary alicyclic amines) is 1. The van der Waals surface area contributed by atoms with Crippen LogP contribution in [0.2, 0.25) is 0 Å². The van der Waals surface area contributed by atoms with Gasteiger partial charge in [0.05, 0.1) is 5.92 Å². The van der Waals surface area contributed by atoms with Gasteiger partial charge in [0.15, 0.2) is 0 Å². The van der Waals surface area contributed by atoms with E-state index >= 15 is 0 Å². The molecule has 0 spiro atoms. The van der Waals surface area contributed by atoms with E-state index in [0.29, 0.717) is 5.92 Å². The molecule has 1 saturated carbocycles. The van der Waals surface area contributed by atoms with Crippen molar-refractivity contribution in [3.05, 3.63) is 0 Å². The van der Waals surface area contributed by atoms with Gasteiger partial charge in [-0.2, -0.15) is 0 Å². The first-order valence-corrected chi connectivity index (χ1v) is 7.55. The van der Waals surface area contributed by atoms with E-state index in [-0.39, 0.29) is 11.8 Å². The summed E-state index contributed by atoms with van der Waals surface area (Å²) in [5, 5.41) is 6.47. The lowest BCUT2D eigenvalue weighted by Gasteiger charge is -2.23. The zero-order chi connectivity index (χ0) is 12.4. The molecule has 0 radical (unpaired) electrons. The number of amides is 1. The van der Waals surface area contributed by atoms with Crippen molar-refractivity contribution in [3.8, 4) is 0 Å². The Labute approximate surface area is 109 Å². The third-order valence-corrected chi connectivity index (χ3v) is 4.61. The summed E-state index contributed by atoms with van der Waals surface area (Å²) in [6, 6.07) is 0.883. The molecule has 0 aromatic rings. The molecule has 3 aliphatic rings. The molecule has 0 aromatic heterocycles. The maximum Gasteiger partial charge on any atom is 0.224 e. The molecule has 18 heavy (non-hydrogen) atoms. The Balaban J connectivity index is 1.37. The fourth-order valence-corrected chi connectivity index (χ4v) is 3.27. The van der Waals surface area contributed by atoms with E-state index in [9.17, 15) is 4.79 Å². The zero-order valence-electron chi connectivity index (χ0n) is 11.2. The number of piperidine rings is 1. The smallest absolute Gasteiger partial charge is 0.224 e. The Morgan fingerprint density at radius 3 is 2.89 bits per heavy atom. The lowest BCUT2D eigenvalue weighted by atomic mass is 9.98. The van der Waals surface area contributed by atoms with Crippen molar-refractivity contribution in [1.82, 2.24) is 15.5 Å². The van der Waals surface area contributed by atoms with Crippen LogP contribution < -0.4 is 10.6 Å². The standard InChI is InChI=1S/C14H25N3O/c18-14(12-2-1-6-15-9-12)16-8-11-5-7-17(10-11)13-3-4-13/h11-13,15H,1-10H2,(H,16,18)/t11?,12-/m1/s1. The summed E-state index contributed by atoms with van der Waals surface area (Å²) < 4.78 is 0. The van der Waals surface area contributed by atoms with Crippen molar-refractivity contribution in [2.24, 2.45) is 11.8 Å². The van der Waals surface area contributed by atoms with Gasteiger partial charge in [0.25, 0.3) is 0 Å². The van der Waals surface area contributed by atoms with Crippen molar-refractivity contribution in [1.29, 1.82) is 0 Å². The highest BCUT2D eigenvalue weighted by molar-refractivity contribution is 5.78. The van der Waals surface area contributed by atoms with E-state index < -0.39 is 0 Å². The molecule has 1 amide bonds. The largest absolute Gasteiger partial charge is 0.355 e. The SMILES string of the molecule is O=C(NCC1CCN(C2CC2)C1)[C@@H]1CCCNC1. The second-order valence-corrected chi connectivity index (χ2v) is 6.17. The topological polar surface area (TPSA) is 44.4 Å². The van der Waals surface area contributed by atoms with Crippen LogP contribution in [0.25, 0.3) is 0 Å². The minimum absolute atomic E-state index is 0.208. The molecule has 3 fully saturated rings. The monoisotopic (exact) mass is 251 g/mol. The van der Waals surface area contributed by atoms with Crippen LogP contribution in [0.5, 0.6) is 0 Å². The van der Waals surface area contributed by atoms with Gasteiger partial charge in [-0.3, -0.25) is 4.79 Å². The maximum absolute atomic E-state index is 12.0. The summed E-state index contributed by atoms with van der Waals surface area (Å²) in [6.07, 6.45) is 6.24. The quantitative estimate of drug-likeness (QED) is 0.768. The summed E-state index contributed by atoms with van der Waals surface area (Å²) in [6.45, 7) is 5.27. The van der Waals surface area contributed by atoms with Gasteiger partial charge >= 0.3 is 0 Å². The van der Waals surface area contributed by atoms with E-state index in [1.165, 1.54) is 32.4 Å². The van der Waals surface area contributed by atoms with Crippen LogP contribution in [-0.4, -0.2) is 49.6 Å².